The lowest BCUT2D eigenvalue weighted by atomic mass is 9.81. The Hall–Kier alpha value is -3.59. The van der Waals surface area contributed by atoms with Gasteiger partial charge in [0, 0.05) is 72.2 Å². The van der Waals surface area contributed by atoms with E-state index in [9.17, 15) is 9.59 Å². The van der Waals surface area contributed by atoms with E-state index in [1.165, 1.54) is 0 Å². The van der Waals surface area contributed by atoms with Gasteiger partial charge in [-0.15, -0.1) is 0 Å². The maximum Gasteiger partial charge on any atom is 0.253 e. The number of ether oxygens (including phenoxy) is 2. The highest BCUT2D eigenvalue weighted by Gasteiger charge is 2.47. The predicted octanol–water partition coefficient (Wildman–Crippen LogP) is 4.49. The van der Waals surface area contributed by atoms with E-state index >= 15 is 0 Å². The van der Waals surface area contributed by atoms with Gasteiger partial charge in [-0.3, -0.25) is 14.3 Å². The first-order valence-electron chi connectivity index (χ1n) is 14.2. The van der Waals surface area contributed by atoms with Crippen molar-refractivity contribution in [2.24, 2.45) is 13.0 Å². The number of rotatable bonds is 7. The van der Waals surface area contributed by atoms with E-state index in [4.69, 9.17) is 9.47 Å². The van der Waals surface area contributed by atoms with E-state index in [1.807, 2.05) is 53.1 Å². The van der Waals surface area contributed by atoms with Crippen molar-refractivity contribution < 1.29 is 14.3 Å². The van der Waals surface area contributed by atoms with E-state index < -0.39 is 5.79 Å². The molecule has 214 valence electrons. The third-order valence-electron chi connectivity index (χ3n) is 8.69. The molecule has 1 unspecified atom stereocenters. The summed E-state index contributed by atoms with van der Waals surface area (Å²) < 4.78 is 15.1. The number of H-pyrrole nitrogens is 1. The second kappa shape index (κ2) is 10.8. The fourth-order valence-electron chi connectivity index (χ4n) is 6.24. The molecule has 3 heterocycles. The van der Waals surface area contributed by atoms with Crippen molar-refractivity contribution in [2.75, 3.05) is 14.1 Å². The molecular formula is C31H41N5O4. The number of hydrogen-bond donors (Lipinski definition) is 2. The van der Waals surface area contributed by atoms with Gasteiger partial charge in [0.05, 0.1) is 6.20 Å². The summed E-state index contributed by atoms with van der Waals surface area (Å²) in [4.78, 5) is 31.4. The Balaban J connectivity index is 1.47. The number of hydrogen-bond acceptors (Lipinski definition) is 6. The lowest BCUT2D eigenvalue weighted by Gasteiger charge is -2.39. The molecule has 0 spiro atoms. The maximum atomic E-state index is 13.6. The van der Waals surface area contributed by atoms with Gasteiger partial charge in [-0.25, -0.2) is 0 Å². The first kappa shape index (κ1) is 28.0. The van der Waals surface area contributed by atoms with Gasteiger partial charge in [-0.1, -0.05) is 6.92 Å². The van der Waals surface area contributed by atoms with Gasteiger partial charge in [0.25, 0.3) is 17.3 Å². The van der Waals surface area contributed by atoms with Crippen molar-refractivity contribution in [3.8, 4) is 22.6 Å². The van der Waals surface area contributed by atoms with Crippen molar-refractivity contribution in [2.45, 2.75) is 78.2 Å². The molecule has 1 fully saturated rings. The van der Waals surface area contributed by atoms with Crippen molar-refractivity contribution >= 4 is 5.91 Å². The van der Waals surface area contributed by atoms with Gasteiger partial charge in [-0.05, 0) is 77.7 Å². The lowest BCUT2D eigenvalue weighted by Crippen LogP contribution is -2.46. The quantitative estimate of drug-likeness (QED) is 0.452. The molecule has 1 atom stereocenters. The minimum atomic E-state index is -0.818. The molecule has 1 aliphatic carbocycles. The number of carbonyl (C=O) groups is 1. The highest BCUT2D eigenvalue weighted by Crippen LogP contribution is 2.52. The highest BCUT2D eigenvalue weighted by molar-refractivity contribution is 5.99. The Bertz CT molecular complexity index is 1480. The van der Waals surface area contributed by atoms with Crippen LogP contribution in [0.2, 0.25) is 0 Å². The summed E-state index contributed by atoms with van der Waals surface area (Å²) in [6.07, 6.45) is 8.59. The van der Waals surface area contributed by atoms with Crippen LogP contribution in [0.5, 0.6) is 11.5 Å². The van der Waals surface area contributed by atoms with Crippen molar-refractivity contribution in [3.63, 3.8) is 0 Å². The number of nitrogens with one attached hydrogen (secondary N) is 2. The van der Waals surface area contributed by atoms with Crippen LogP contribution in [0.25, 0.3) is 11.1 Å². The summed E-state index contributed by atoms with van der Waals surface area (Å²) in [5.41, 5.74) is 4.97. The Kier molecular flexibility index (Phi) is 7.52. The Labute approximate surface area is 235 Å². The normalized spacial score (nSPS) is 22.1. The summed E-state index contributed by atoms with van der Waals surface area (Å²) >= 11 is 0. The standard InChI is InChI=1S/C31H41N5O4/c1-8-20-13-18(2)34-30(38)26(20)16-32-29(37)24-14-25(21-15-33-36(7)17-21)28-27(19(24)3)39-31(4,40-28)22-9-11-23(12-10-22)35(5)6/h13-15,17,22-23H,8-12,16H2,1-7H3,(H,32,37)(H,34,38). The molecule has 2 N–H and O–H groups in total. The molecule has 3 aromatic rings. The van der Waals surface area contributed by atoms with E-state index in [2.05, 4.69) is 34.4 Å². The Morgan fingerprint density at radius 3 is 2.50 bits per heavy atom. The molecule has 1 saturated carbocycles. The third-order valence-corrected chi connectivity index (χ3v) is 8.69. The molecule has 9 nitrogen and oxygen atoms in total. The summed E-state index contributed by atoms with van der Waals surface area (Å²) in [6.45, 7) is 7.93. The monoisotopic (exact) mass is 547 g/mol. The second-order valence-corrected chi connectivity index (χ2v) is 11.7. The van der Waals surface area contributed by atoms with E-state index in [1.54, 1.807) is 10.9 Å². The molecule has 2 aromatic heterocycles. The van der Waals surface area contributed by atoms with Crippen molar-refractivity contribution in [3.05, 3.63) is 62.8 Å². The molecule has 0 saturated heterocycles. The number of carbonyl (C=O) groups excluding carboxylic acids is 1. The average Bonchev–Trinajstić information content (AvgIpc) is 3.52. The number of aryl methyl sites for hydroxylation is 3. The minimum absolute atomic E-state index is 0.139. The van der Waals surface area contributed by atoms with E-state index in [-0.39, 0.29) is 23.9 Å². The molecular weight excluding hydrogens is 506 g/mol. The van der Waals surface area contributed by atoms with Gasteiger partial charge in [0.15, 0.2) is 11.5 Å². The summed E-state index contributed by atoms with van der Waals surface area (Å²) in [5, 5.41) is 7.34. The zero-order valence-corrected chi connectivity index (χ0v) is 24.7. The molecule has 1 aromatic carbocycles. The van der Waals surface area contributed by atoms with Gasteiger partial charge >= 0.3 is 0 Å². The lowest BCUT2D eigenvalue weighted by molar-refractivity contribution is -0.123. The number of nitrogens with zero attached hydrogens (tertiary/aromatic N) is 3. The Morgan fingerprint density at radius 1 is 1.18 bits per heavy atom. The number of pyridine rings is 1. The average molecular weight is 548 g/mol. The molecule has 5 rings (SSSR count). The number of benzene rings is 1. The van der Waals surface area contributed by atoms with Crippen LogP contribution in [0, 0.1) is 19.8 Å². The molecule has 1 aliphatic heterocycles. The summed E-state index contributed by atoms with van der Waals surface area (Å²) in [7, 11) is 6.14. The molecule has 2 aliphatic rings. The first-order valence-corrected chi connectivity index (χ1v) is 14.2. The SMILES string of the molecule is CCc1cc(C)[nH]c(=O)c1CNC(=O)c1cc(-c2cnn(C)c2)c2c(c1C)OC(C)(C1CCC(N(C)C)CC1)O2. The largest absolute Gasteiger partial charge is 0.448 e. The molecule has 0 bridgehead atoms. The van der Waals surface area contributed by atoms with Crippen LogP contribution in [-0.4, -0.2) is 51.5 Å². The predicted molar refractivity (Wildman–Crippen MR) is 155 cm³/mol. The third kappa shape index (κ3) is 5.14. The van der Waals surface area contributed by atoms with Crippen LogP contribution in [0.15, 0.2) is 29.3 Å². The smallest absolute Gasteiger partial charge is 0.253 e. The maximum absolute atomic E-state index is 13.6. The highest BCUT2D eigenvalue weighted by atomic mass is 16.7. The van der Waals surface area contributed by atoms with E-state index in [0.29, 0.717) is 35.1 Å². The molecule has 0 radical (unpaired) electrons. The summed E-state index contributed by atoms with van der Waals surface area (Å²) in [5.74, 6) is 0.405. The zero-order valence-electron chi connectivity index (χ0n) is 24.7. The van der Waals surface area contributed by atoms with Gasteiger partial charge in [0.1, 0.15) is 0 Å². The summed E-state index contributed by atoms with van der Waals surface area (Å²) in [6, 6.07) is 4.39. The minimum Gasteiger partial charge on any atom is -0.448 e. The molecule has 1 amide bonds. The number of aromatic nitrogens is 3. The first-order chi connectivity index (χ1) is 19.0. The van der Waals surface area contributed by atoms with Crippen LogP contribution in [0.3, 0.4) is 0 Å². The Morgan fingerprint density at radius 2 is 1.88 bits per heavy atom. The van der Waals surface area contributed by atoms with Crippen molar-refractivity contribution in [1.29, 1.82) is 0 Å². The van der Waals surface area contributed by atoms with Crippen LogP contribution in [0.1, 0.15) is 72.3 Å². The van der Waals surface area contributed by atoms with Gasteiger partial charge < -0.3 is 24.7 Å². The number of fused-ring (bicyclic) bond motifs is 1. The second-order valence-electron chi connectivity index (χ2n) is 11.7. The molecule has 9 heteroatoms. The fraction of sp³-hybridized carbons (Fsp3) is 0.516. The van der Waals surface area contributed by atoms with Crippen LogP contribution >= 0.6 is 0 Å². The van der Waals surface area contributed by atoms with Gasteiger partial charge in [0.2, 0.25) is 0 Å². The fourth-order valence-corrected chi connectivity index (χ4v) is 6.24. The van der Waals surface area contributed by atoms with Crippen LogP contribution in [0.4, 0.5) is 0 Å². The zero-order chi connectivity index (χ0) is 28.8. The molecule has 40 heavy (non-hydrogen) atoms. The topological polar surface area (TPSA) is 101 Å². The van der Waals surface area contributed by atoms with E-state index in [0.717, 1.165) is 53.6 Å². The van der Waals surface area contributed by atoms with Crippen LogP contribution < -0.4 is 20.3 Å². The number of aromatic amines is 1. The van der Waals surface area contributed by atoms with Crippen LogP contribution in [-0.2, 0) is 20.0 Å². The van der Waals surface area contributed by atoms with Gasteiger partial charge in [-0.2, -0.15) is 5.10 Å². The van der Waals surface area contributed by atoms with Crippen molar-refractivity contribution in [1.82, 2.24) is 25.0 Å². The number of amides is 1.